The molecule has 0 aliphatic carbocycles. The summed E-state index contributed by atoms with van der Waals surface area (Å²) in [4.78, 5) is 22.8. The number of carbonyl (C=O) groups excluding carboxylic acids is 1. The highest BCUT2D eigenvalue weighted by molar-refractivity contribution is 5.82. The van der Waals surface area contributed by atoms with Gasteiger partial charge in [-0.25, -0.2) is 10.4 Å². The Balaban J connectivity index is 2.40. The molecule has 0 saturated carbocycles. The van der Waals surface area contributed by atoms with Gasteiger partial charge in [0.2, 0.25) is 5.91 Å². The zero-order chi connectivity index (χ0) is 15.3. The molecule has 0 radical (unpaired) electrons. The minimum absolute atomic E-state index is 0.0895. The Bertz CT molecular complexity index is 349. The normalized spacial score (nSPS) is 23.4. The van der Waals surface area contributed by atoms with Gasteiger partial charge >= 0.3 is 5.97 Å². The number of hydrogen-bond acceptors (Lipinski definition) is 5. The van der Waals surface area contributed by atoms with Crippen molar-refractivity contribution in [3.05, 3.63) is 0 Å². The molecule has 1 unspecified atom stereocenters. The highest BCUT2D eigenvalue weighted by Gasteiger charge is 2.26. The molecule has 116 valence electrons. The fraction of sp³-hybridized carbons (Fsp3) is 0.846. The van der Waals surface area contributed by atoms with Crippen LogP contribution in [-0.2, 0) is 9.59 Å². The molecule has 3 atom stereocenters. The van der Waals surface area contributed by atoms with Crippen LogP contribution in [-0.4, -0.2) is 53.2 Å². The SMILES string of the molecule is CC(C)C(N)C(=O)N[C@@H](C)CN1CCC[C@@H](C(=O)O)N1. The molecule has 0 bridgehead atoms. The zero-order valence-corrected chi connectivity index (χ0v) is 12.4. The van der Waals surface area contributed by atoms with Crippen LogP contribution in [0.1, 0.15) is 33.6 Å². The number of rotatable bonds is 6. The molecule has 5 N–H and O–H groups in total. The van der Waals surface area contributed by atoms with Gasteiger partial charge in [-0.2, -0.15) is 0 Å². The number of amides is 1. The Hall–Kier alpha value is -1.18. The molecule has 0 aromatic heterocycles. The van der Waals surface area contributed by atoms with Crippen molar-refractivity contribution in [2.24, 2.45) is 11.7 Å². The molecular weight excluding hydrogens is 260 g/mol. The summed E-state index contributed by atoms with van der Waals surface area (Å²) in [5.74, 6) is -0.917. The Morgan fingerprint density at radius 2 is 2.10 bits per heavy atom. The van der Waals surface area contributed by atoms with E-state index in [1.807, 2.05) is 25.8 Å². The maximum absolute atomic E-state index is 11.8. The topological polar surface area (TPSA) is 108 Å². The Labute approximate surface area is 119 Å². The van der Waals surface area contributed by atoms with E-state index in [1.54, 1.807) is 0 Å². The molecule has 0 aromatic rings. The number of hydrazine groups is 1. The van der Waals surface area contributed by atoms with Crippen LogP contribution >= 0.6 is 0 Å². The zero-order valence-electron chi connectivity index (χ0n) is 12.4. The number of nitrogens with two attached hydrogens (primary N) is 1. The molecule has 20 heavy (non-hydrogen) atoms. The second-order valence-electron chi connectivity index (χ2n) is 5.79. The van der Waals surface area contributed by atoms with Crippen LogP contribution in [0, 0.1) is 5.92 Å². The number of nitrogens with one attached hydrogen (secondary N) is 2. The van der Waals surface area contributed by atoms with Crippen molar-refractivity contribution in [1.29, 1.82) is 0 Å². The summed E-state index contributed by atoms with van der Waals surface area (Å²) in [6.07, 6.45) is 1.46. The highest BCUT2D eigenvalue weighted by Crippen LogP contribution is 2.08. The second kappa shape index (κ2) is 7.56. The smallest absolute Gasteiger partial charge is 0.322 e. The van der Waals surface area contributed by atoms with Crippen LogP contribution in [0.2, 0.25) is 0 Å². The summed E-state index contributed by atoms with van der Waals surface area (Å²) in [6, 6.07) is -1.14. The number of carboxylic acid groups (broad SMARTS) is 1. The van der Waals surface area contributed by atoms with Gasteiger partial charge in [-0.3, -0.25) is 9.59 Å². The number of nitrogens with zero attached hydrogens (tertiary/aromatic N) is 1. The monoisotopic (exact) mass is 286 g/mol. The summed E-state index contributed by atoms with van der Waals surface area (Å²) < 4.78 is 0. The average molecular weight is 286 g/mol. The number of aliphatic carboxylic acids is 1. The van der Waals surface area contributed by atoms with Gasteiger partial charge in [-0.15, -0.1) is 0 Å². The summed E-state index contributed by atoms with van der Waals surface area (Å²) >= 11 is 0. The predicted octanol–water partition coefficient (Wildman–Crippen LogP) is -0.472. The lowest BCUT2D eigenvalue weighted by Gasteiger charge is -2.34. The van der Waals surface area contributed by atoms with Crippen molar-refractivity contribution in [2.75, 3.05) is 13.1 Å². The number of carbonyl (C=O) groups is 2. The predicted molar refractivity (Wildman–Crippen MR) is 75.8 cm³/mol. The fourth-order valence-corrected chi connectivity index (χ4v) is 2.18. The van der Waals surface area contributed by atoms with E-state index in [4.69, 9.17) is 10.8 Å². The molecule has 1 fully saturated rings. The molecule has 7 heteroatoms. The molecule has 1 saturated heterocycles. The van der Waals surface area contributed by atoms with Crippen molar-refractivity contribution in [3.8, 4) is 0 Å². The lowest BCUT2D eigenvalue weighted by atomic mass is 10.0. The standard InChI is InChI=1S/C13H26N4O3/c1-8(2)11(14)12(18)15-9(3)7-17-6-4-5-10(16-17)13(19)20/h8-11,16H,4-7,14H2,1-3H3,(H,15,18)(H,19,20)/t9-,10-,11?/m0/s1. The molecule has 0 spiro atoms. The molecule has 1 aliphatic heterocycles. The van der Waals surface area contributed by atoms with Crippen LogP contribution in [0.25, 0.3) is 0 Å². The lowest BCUT2D eigenvalue weighted by molar-refractivity contribution is -0.142. The Morgan fingerprint density at radius 1 is 1.45 bits per heavy atom. The number of carboxylic acids is 1. The van der Waals surface area contributed by atoms with E-state index < -0.39 is 18.1 Å². The third kappa shape index (κ3) is 5.07. The summed E-state index contributed by atoms with van der Waals surface area (Å²) in [5, 5.41) is 13.7. The van der Waals surface area contributed by atoms with Crippen molar-refractivity contribution in [2.45, 2.75) is 51.7 Å². The van der Waals surface area contributed by atoms with Gasteiger partial charge in [-0.1, -0.05) is 13.8 Å². The third-order valence-corrected chi connectivity index (χ3v) is 3.46. The molecule has 1 aliphatic rings. The van der Waals surface area contributed by atoms with E-state index in [0.717, 1.165) is 13.0 Å². The summed E-state index contributed by atoms with van der Waals surface area (Å²) in [7, 11) is 0. The minimum Gasteiger partial charge on any atom is -0.480 e. The van der Waals surface area contributed by atoms with Crippen LogP contribution < -0.4 is 16.5 Å². The summed E-state index contributed by atoms with van der Waals surface area (Å²) in [6.45, 7) is 7.02. The van der Waals surface area contributed by atoms with Crippen molar-refractivity contribution in [1.82, 2.24) is 15.8 Å². The molecule has 1 heterocycles. The van der Waals surface area contributed by atoms with Gasteiger partial charge in [0.15, 0.2) is 0 Å². The van der Waals surface area contributed by atoms with Gasteiger partial charge in [0, 0.05) is 19.1 Å². The molecule has 7 nitrogen and oxygen atoms in total. The quantitative estimate of drug-likeness (QED) is 0.526. The van der Waals surface area contributed by atoms with Gasteiger partial charge in [0.1, 0.15) is 6.04 Å². The maximum atomic E-state index is 11.8. The van der Waals surface area contributed by atoms with Crippen molar-refractivity contribution in [3.63, 3.8) is 0 Å². The van der Waals surface area contributed by atoms with Gasteiger partial charge in [0.05, 0.1) is 6.04 Å². The first-order chi connectivity index (χ1) is 9.31. The van der Waals surface area contributed by atoms with Gasteiger partial charge in [-0.05, 0) is 25.7 Å². The first-order valence-corrected chi connectivity index (χ1v) is 7.11. The molecule has 1 amide bonds. The highest BCUT2D eigenvalue weighted by atomic mass is 16.4. The average Bonchev–Trinajstić information content (AvgIpc) is 2.37. The largest absolute Gasteiger partial charge is 0.480 e. The molecular formula is C13H26N4O3. The van der Waals surface area contributed by atoms with Crippen LogP contribution in [0.5, 0.6) is 0 Å². The minimum atomic E-state index is -0.840. The van der Waals surface area contributed by atoms with E-state index in [0.29, 0.717) is 13.0 Å². The number of hydrogen-bond donors (Lipinski definition) is 4. The first-order valence-electron chi connectivity index (χ1n) is 7.11. The van der Waals surface area contributed by atoms with Crippen molar-refractivity contribution < 1.29 is 14.7 Å². The third-order valence-electron chi connectivity index (χ3n) is 3.46. The van der Waals surface area contributed by atoms with E-state index >= 15 is 0 Å². The van der Waals surface area contributed by atoms with E-state index in [9.17, 15) is 9.59 Å². The second-order valence-corrected chi connectivity index (χ2v) is 5.79. The van der Waals surface area contributed by atoms with Crippen LogP contribution in [0.4, 0.5) is 0 Å². The van der Waals surface area contributed by atoms with Crippen LogP contribution in [0.3, 0.4) is 0 Å². The Kier molecular flexibility index (Phi) is 6.38. The first kappa shape index (κ1) is 16.9. The molecule has 0 aromatic carbocycles. The van der Waals surface area contributed by atoms with Crippen LogP contribution in [0.15, 0.2) is 0 Å². The molecule has 1 rings (SSSR count). The fourth-order valence-electron chi connectivity index (χ4n) is 2.18. The van der Waals surface area contributed by atoms with Gasteiger partial charge < -0.3 is 16.2 Å². The van der Waals surface area contributed by atoms with E-state index in [1.165, 1.54) is 0 Å². The van der Waals surface area contributed by atoms with E-state index in [2.05, 4.69) is 10.7 Å². The summed E-state index contributed by atoms with van der Waals surface area (Å²) in [5.41, 5.74) is 8.74. The van der Waals surface area contributed by atoms with E-state index in [-0.39, 0.29) is 17.9 Å². The van der Waals surface area contributed by atoms with Gasteiger partial charge in [0.25, 0.3) is 0 Å². The Morgan fingerprint density at radius 3 is 2.65 bits per heavy atom. The maximum Gasteiger partial charge on any atom is 0.322 e. The lowest BCUT2D eigenvalue weighted by Crippen LogP contribution is -2.57. The van der Waals surface area contributed by atoms with Crippen molar-refractivity contribution >= 4 is 11.9 Å².